The zero-order chi connectivity index (χ0) is 21.3. The van der Waals surface area contributed by atoms with E-state index in [-0.39, 0.29) is 11.8 Å². The normalized spacial score (nSPS) is 23.5. The zero-order valence-electron chi connectivity index (χ0n) is 18.1. The van der Waals surface area contributed by atoms with Crippen molar-refractivity contribution in [3.8, 4) is 0 Å². The van der Waals surface area contributed by atoms with E-state index in [0.717, 1.165) is 82.6 Å². The van der Waals surface area contributed by atoms with E-state index in [0.29, 0.717) is 0 Å². The summed E-state index contributed by atoms with van der Waals surface area (Å²) in [6.07, 6.45) is 7.04. The molecule has 3 fully saturated rings. The van der Waals surface area contributed by atoms with Crippen molar-refractivity contribution in [3.63, 3.8) is 0 Å². The molecule has 1 aliphatic carbocycles. The van der Waals surface area contributed by atoms with Crippen molar-refractivity contribution in [2.45, 2.75) is 44.1 Å². The first-order valence-electron chi connectivity index (χ1n) is 11.7. The summed E-state index contributed by atoms with van der Waals surface area (Å²) in [4.78, 5) is 22.1. The van der Waals surface area contributed by atoms with Gasteiger partial charge in [0.15, 0.2) is 0 Å². The maximum Gasteiger partial charge on any atom is 0.230 e. The number of aliphatic hydroxyl groups is 1. The fourth-order valence-electron chi connectivity index (χ4n) is 5.38. The number of piperazine rings is 1. The van der Waals surface area contributed by atoms with Gasteiger partial charge in [0.25, 0.3) is 0 Å². The maximum atomic E-state index is 13.2. The number of rotatable bonds is 5. The third-order valence-corrected chi connectivity index (χ3v) is 7.20. The number of carbonyl (C=O) groups excluding carboxylic acids is 1. The largest absolute Gasteiger partial charge is 0.384 e. The van der Waals surface area contributed by atoms with Gasteiger partial charge in [0, 0.05) is 44.3 Å². The van der Waals surface area contributed by atoms with Crippen molar-refractivity contribution in [3.05, 3.63) is 53.9 Å². The van der Waals surface area contributed by atoms with Crippen molar-refractivity contribution < 1.29 is 9.90 Å². The Morgan fingerprint density at radius 3 is 2.58 bits per heavy atom. The summed E-state index contributed by atoms with van der Waals surface area (Å²) in [6.45, 7) is 4.74. The molecule has 31 heavy (non-hydrogen) atoms. The number of nitrogens with one attached hydrogen (secondary N) is 1. The van der Waals surface area contributed by atoms with E-state index in [1.54, 1.807) is 6.20 Å². The van der Waals surface area contributed by atoms with Crippen LogP contribution in [0.1, 0.15) is 43.4 Å². The number of benzene rings is 1. The summed E-state index contributed by atoms with van der Waals surface area (Å²) in [5.41, 5.74) is 3.33. The van der Waals surface area contributed by atoms with Gasteiger partial charge in [-0.25, -0.2) is 0 Å². The monoisotopic (exact) mass is 420 g/mol. The smallest absolute Gasteiger partial charge is 0.230 e. The molecule has 0 bridgehead atoms. The van der Waals surface area contributed by atoms with Crippen LogP contribution in [0.4, 0.5) is 11.4 Å². The number of pyridine rings is 1. The van der Waals surface area contributed by atoms with Gasteiger partial charge in [-0.05, 0) is 49.4 Å². The van der Waals surface area contributed by atoms with Crippen LogP contribution in [0, 0.1) is 5.92 Å². The first-order chi connectivity index (χ1) is 15.1. The molecule has 164 valence electrons. The lowest BCUT2D eigenvalue weighted by Crippen LogP contribution is -2.44. The SMILES string of the molecule is O=C1[C@H](Cc2ccccc2N2CCNCC2)CCN1c1ccc(C2(O)CCCC2)nc1. The minimum Gasteiger partial charge on any atom is -0.384 e. The number of carbonyl (C=O) groups is 1. The molecule has 1 aromatic carbocycles. The van der Waals surface area contributed by atoms with Crippen LogP contribution in [-0.2, 0) is 16.8 Å². The summed E-state index contributed by atoms with van der Waals surface area (Å²) in [5, 5.41) is 14.2. The number of anilines is 2. The Bertz CT molecular complexity index is 917. The van der Waals surface area contributed by atoms with E-state index in [2.05, 4.69) is 39.5 Å². The van der Waals surface area contributed by atoms with Crippen LogP contribution in [0.3, 0.4) is 0 Å². The molecule has 5 rings (SSSR count). The van der Waals surface area contributed by atoms with Crippen LogP contribution >= 0.6 is 0 Å². The Kier molecular flexibility index (Phi) is 5.67. The lowest BCUT2D eigenvalue weighted by atomic mass is 9.96. The number of hydrogen-bond donors (Lipinski definition) is 2. The number of nitrogens with zero attached hydrogens (tertiary/aromatic N) is 3. The molecule has 2 aliphatic heterocycles. The first kappa shape index (κ1) is 20.5. The lowest BCUT2D eigenvalue weighted by Gasteiger charge is -2.31. The van der Waals surface area contributed by atoms with Gasteiger partial charge in [0.1, 0.15) is 5.60 Å². The van der Waals surface area contributed by atoms with Crippen LogP contribution in [0.5, 0.6) is 0 Å². The van der Waals surface area contributed by atoms with Gasteiger partial charge < -0.3 is 20.2 Å². The molecule has 0 radical (unpaired) electrons. The van der Waals surface area contributed by atoms with Crippen molar-refractivity contribution in [1.82, 2.24) is 10.3 Å². The average Bonchev–Trinajstić information content (AvgIpc) is 3.42. The van der Waals surface area contributed by atoms with E-state index in [1.165, 1.54) is 11.3 Å². The molecule has 2 N–H and O–H groups in total. The van der Waals surface area contributed by atoms with Crippen molar-refractivity contribution in [2.24, 2.45) is 5.92 Å². The number of hydrogen-bond acceptors (Lipinski definition) is 5. The van der Waals surface area contributed by atoms with Gasteiger partial charge in [-0.1, -0.05) is 31.0 Å². The third-order valence-electron chi connectivity index (χ3n) is 7.20. The van der Waals surface area contributed by atoms with Gasteiger partial charge in [-0.2, -0.15) is 0 Å². The fourth-order valence-corrected chi connectivity index (χ4v) is 5.38. The lowest BCUT2D eigenvalue weighted by molar-refractivity contribution is -0.120. The average molecular weight is 421 g/mol. The number of para-hydroxylation sites is 1. The minimum absolute atomic E-state index is 0.00255. The van der Waals surface area contributed by atoms with Crippen LogP contribution in [0.2, 0.25) is 0 Å². The summed E-state index contributed by atoms with van der Waals surface area (Å²) in [6, 6.07) is 12.4. The fraction of sp³-hybridized carbons (Fsp3) is 0.520. The Morgan fingerprint density at radius 1 is 1.06 bits per heavy atom. The van der Waals surface area contributed by atoms with E-state index in [1.807, 2.05) is 17.0 Å². The second kappa shape index (κ2) is 8.60. The Morgan fingerprint density at radius 2 is 1.84 bits per heavy atom. The second-order valence-corrected chi connectivity index (χ2v) is 9.19. The summed E-state index contributed by atoms with van der Waals surface area (Å²) in [5.74, 6) is 0.187. The van der Waals surface area contributed by atoms with Gasteiger partial charge in [-0.3, -0.25) is 9.78 Å². The first-order valence-corrected chi connectivity index (χ1v) is 11.7. The predicted octanol–water partition coefficient (Wildman–Crippen LogP) is 2.85. The molecule has 1 atom stereocenters. The molecule has 3 aliphatic rings. The summed E-state index contributed by atoms with van der Waals surface area (Å²) in [7, 11) is 0. The third kappa shape index (κ3) is 4.06. The topological polar surface area (TPSA) is 68.7 Å². The van der Waals surface area contributed by atoms with Crippen LogP contribution in [0.15, 0.2) is 42.6 Å². The molecule has 0 spiro atoms. The van der Waals surface area contributed by atoms with Crippen LogP contribution in [0.25, 0.3) is 0 Å². The highest BCUT2D eigenvalue weighted by Crippen LogP contribution is 2.38. The van der Waals surface area contributed by atoms with E-state index >= 15 is 0 Å². The highest BCUT2D eigenvalue weighted by Gasteiger charge is 2.36. The molecular formula is C25H32N4O2. The standard InChI is InChI=1S/C25H32N4O2/c30-24-20(17-19-5-1-2-6-22(19)28-15-12-26-13-16-28)9-14-29(24)21-7-8-23(27-18-21)25(31)10-3-4-11-25/h1-2,5-8,18,20,26,31H,3-4,9-17H2/t20-/m0/s1. The maximum absolute atomic E-state index is 13.2. The molecule has 2 aromatic rings. The quantitative estimate of drug-likeness (QED) is 0.779. The molecule has 0 unspecified atom stereocenters. The Labute approximate surface area is 184 Å². The Balaban J connectivity index is 1.28. The molecule has 1 amide bonds. The molecule has 1 saturated carbocycles. The van der Waals surface area contributed by atoms with Gasteiger partial charge in [-0.15, -0.1) is 0 Å². The number of aromatic nitrogens is 1. The van der Waals surface area contributed by atoms with Gasteiger partial charge >= 0.3 is 0 Å². The Hall–Kier alpha value is -2.44. The number of amides is 1. The van der Waals surface area contributed by atoms with Crippen molar-refractivity contribution >= 4 is 17.3 Å². The summed E-state index contributed by atoms with van der Waals surface area (Å²) >= 11 is 0. The molecule has 3 heterocycles. The van der Waals surface area contributed by atoms with Gasteiger partial charge in [0.2, 0.25) is 5.91 Å². The minimum atomic E-state index is -0.788. The molecule has 2 saturated heterocycles. The molecular weight excluding hydrogens is 388 g/mol. The van der Waals surface area contributed by atoms with E-state index in [9.17, 15) is 9.90 Å². The van der Waals surface area contributed by atoms with Gasteiger partial charge in [0.05, 0.1) is 17.6 Å². The summed E-state index contributed by atoms with van der Waals surface area (Å²) < 4.78 is 0. The molecule has 6 nitrogen and oxygen atoms in total. The second-order valence-electron chi connectivity index (χ2n) is 9.19. The van der Waals surface area contributed by atoms with Crippen LogP contribution in [-0.4, -0.2) is 48.7 Å². The van der Waals surface area contributed by atoms with Crippen LogP contribution < -0.4 is 15.1 Å². The zero-order valence-corrected chi connectivity index (χ0v) is 18.1. The predicted molar refractivity (Wildman–Crippen MR) is 122 cm³/mol. The van der Waals surface area contributed by atoms with E-state index < -0.39 is 5.60 Å². The highest BCUT2D eigenvalue weighted by atomic mass is 16.3. The van der Waals surface area contributed by atoms with Crippen molar-refractivity contribution in [2.75, 3.05) is 42.5 Å². The molecule has 1 aromatic heterocycles. The van der Waals surface area contributed by atoms with Crippen molar-refractivity contribution in [1.29, 1.82) is 0 Å². The highest BCUT2D eigenvalue weighted by molar-refractivity contribution is 5.97. The molecule has 6 heteroatoms. The van der Waals surface area contributed by atoms with E-state index in [4.69, 9.17) is 0 Å².